The van der Waals surface area contributed by atoms with Crippen LogP contribution in [0.15, 0.2) is 23.0 Å². The number of nitrogens with one attached hydrogen (secondary N) is 2. The summed E-state index contributed by atoms with van der Waals surface area (Å²) in [6.45, 7) is 4.35. The van der Waals surface area contributed by atoms with Crippen LogP contribution in [0.4, 0.5) is 0 Å². The van der Waals surface area contributed by atoms with Gasteiger partial charge < -0.3 is 15.1 Å². The highest BCUT2D eigenvalue weighted by Crippen LogP contribution is 2.11. The molecule has 1 saturated heterocycles. The van der Waals surface area contributed by atoms with E-state index < -0.39 is 0 Å². The first-order valence-electron chi connectivity index (χ1n) is 5.82. The normalized spacial score (nSPS) is 23.1. The van der Waals surface area contributed by atoms with Crippen LogP contribution in [-0.4, -0.2) is 18.6 Å². The lowest BCUT2D eigenvalue weighted by Crippen LogP contribution is -2.33. The van der Waals surface area contributed by atoms with Crippen molar-refractivity contribution in [3.8, 4) is 0 Å². The summed E-state index contributed by atoms with van der Waals surface area (Å²) in [6, 6.07) is 3.29. The van der Waals surface area contributed by atoms with Crippen molar-refractivity contribution in [1.29, 1.82) is 0 Å². The Kier molecular flexibility index (Phi) is 3.80. The molecule has 3 nitrogen and oxygen atoms in total. The number of hydrogen-bond donors (Lipinski definition) is 2. The molecule has 1 fully saturated rings. The van der Waals surface area contributed by atoms with Crippen molar-refractivity contribution in [3.05, 3.63) is 24.2 Å². The van der Waals surface area contributed by atoms with E-state index in [1.807, 2.05) is 6.07 Å². The van der Waals surface area contributed by atoms with Gasteiger partial charge in [0, 0.05) is 24.2 Å². The summed E-state index contributed by atoms with van der Waals surface area (Å²) < 4.78 is 5.03. The second-order valence-electron chi connectivity index (χ2n) is 4.44. The summed E-state index contributed by atoms with van der Waals surface area (Å²) >= 11 is 0. The molecular formula is C12H20N2O. The van der Waals surface area contributed by atoms with Crippen LogP contribution in [0.2, 0.25) is 0 Å². The Hall–Kier alpha value is -0.800. The van der Waals surface area contributed by atoms with E-state index in [2.05, 4.69) is 17.6 Å². The number of hydrogen-bond acceptors (Lipinski definition) is 3. The van der Waals surface area contributed by atoms with Crippen LogP contribution in [0.25, 0.3) is 0 Å². The van der Waals surface area contributed by atoms with Crippen LogP contribution in [-0.2, 0) is 6.54 Å². The molecule has 15 heavy (non-hydrogen) atoms. The van der Waals surface area contributed by atoms with Gasteiger partial charge in [-0.1, -0.05) is 0 Å². The molecular weight excluding hydrogens is 188 g/mol. The minimum Gasteiger partial charge on any atom is -0.472 e. The van der Waals surface area contributed by atoms with Gasteiger partial charge in [0.1, 0.15) is 0 Å². The molecule has 1 aliphatic heterocycles. The third kappa shape index (κ3) is 3.36. The van der Waals surface area contributed by atoms with Gasteiger partial charge in [0.2, 0.25) is 0 Å². The highest BCUT2D eigenvalue weighted by atomic mass is 16.3. The molecule has 2 heterocycles. The van der Waals surface area contributed by atoms with E-state index in [1.165, 1.54) is 31.4 Å². The standard InChI is InChI=1S/C12H20N2O/c1-10(7-12-3-2-5-13-12)14-8-11-4-6-15-9-11/h4,6,9-10,12-14H,2-3,5,7-8H2,1H3. The average molecular weight is 208 g/mol. The van der Waals surface area contributed by atoms with Gasteiger partial charge in [-0.2, -0.15) is 0 Å². The second-order valence-corrected chi connectivity index (χ2v) is 4.44. The molecule has 0 radical (unpaired) electrons. The molecule has 3 heteroatoms. The third-order valence-corrected chi connectivity index (χ3v) is 3.04. The van der Waals surface area contributed by atoms with Crippen LogP contribution in [0, 0.1) is 0 Å². The van der Waals surface area contributed by atoms with Crippen molar-refractivity contribution >= 4 is 0 Å². The maximum absolute atomic E-state index is 5.03. The van der Waals surface area contributed by atoms with E-state index in [0.717, 1.165) is 12.6 Å². The zero-order valence-corrected chi connectivity index (χ0v) is 9.33. The fourth-order valence-electron chi connectivity index (χ4n) is 2.15. The summed E-state index contributed by atoms with van der Waals surface area (Å²) in [7, 11) is 0. The van der Waals surface area contributed by atoms with Crippen LogP contribution < -0.4 is 10.6 Å². The lowest BCUT2D eigenvalue weighted by molar-refractivity contribution is 0.439. The molecule has 0 spiro atoms. The smallest absolute Gasteiger partial charge is 0.0947 e. The molecule has 0 bridgehead atoms. The Morgan fingerprint density at radius 3 is 3.27 bits per heavy atom. The van der Waals surface area contributed by atoms with Gasteiger partial charge in [-0.25, -0.2) is 0 Å². The van der Waals surface area contributed by atoms with Crippen LogP contribution >= 0.6 is 0 Å². The van der Waals surface area contributed by atoms with Gasteiger partial charge >= 0.3 is 0 Å². The second kappa shape index (κ2) is 5.33. The lowest BCUT2D eigenvalue weighted by atomic mass is 10.1. The lowest BCUT2D eigenvalue weighted by Gasteiger charge is -2.17. The average Bonchev–Trinajstić information content (AvgIpc) is 2.86. The first-order chi connectivity index (χ1) is 7.34. The minimum absolute atomic E-state index is 0.565. The van der Waals surface area contributed by atoms with Crippen molar-refractivity contribution in [2.75, 3.05) is 6.54 Å². The van der Waals surface area contributed by atoms with E-state index in [0.29, 0.717) is 6.04 Å². The predicted octanol–water partition coefficient (Wildman–Crippen LogP) is 1.90. The van der Waals surface area contributed by atoms with Gasteiger partial charge in [0.05, 0.1) is 12.5 Å². The Balaban J connectivity index is 1.66. The number of rotatable bonds is 5. The van der Waals surface area contributed by atoms with Gasteiger partial charge in [0.25, 0.3) is 0 Å². The van der Waals surface area contributed by atoms with Crippen molar-refractivity contribution in [2.24, 2.45) is 0 Å². The largest absolute Gasteiger partial charge is 0.472 e. The summed E-state index contributed by atoms with van der Waals surface area (Å²) in [4.78, 5) is 0. The quantitative estimate of drug-likeness (QED) is 0.776. The predicted molar refractivity (Wildman–Crippen MR) is 60.7 cm³/mol. The maximum Gasteiger partial charge on any atom is 0.0947 e. The Bertz CT molecular complexity index is 265. The summed E-state index contributed by atoms with van der Waals surface area (Å²) in [5, 5.41) is 7.03. The molecule has 0 saturated carbocycles. The first kappa shape index (κ1) is 10.7. The molecule has 1 aliphatic rings. The molecule has 84 valence electrons. The minimum atomic E-state index is 0.565. The van der Waals surface area contributed by atoms with Gasteiger partial charge in [-0.15, -0.1) is 0 Å². The molecule has 1 aromatic rings. The molecule has 2 rings (SSSR count). The van der Waals surface area contributed by atoms with Crippen molar-refractivity contribution in [2.45, 2.75) is 44.8 Å². The SMILES string of the molecule is CC(CC1CCCN1)NCc1ccoc1. The highest BCUT2D eigenvalue weighted by molar-refractivity contribution is 5.04. The van der Waals surface area contributed by atoms with E-state index in [1.54, 1.807) is 12.5 Å². The van der Waals surface area contributed by atoms with E-state index >= 15 is 0 Å². The maximum atomic E-state index is 5.03. The van der Waals surface area contributed by atoms with Gasteiger partial charge in [-0.05, 0) is 38.8 Å². The molecule has 2 N–H and O–H groups in total. The summed E-state index contributed by atoms with van der Waals surface area (Å²) in [5.74, 6) is 0. The summed E-state index contributed by atoms with van der Waals surface area (Å²) in [5.41, 5.74) is 1.22. The summed E-state index contributed by atoms with van der Waals surface area (Å²) in [6.07, 6.45) is 7.41. The molecule has 0 amide bonds. The molecule has 1 aromatic heterocycles. The van der Waals surface area contributed by atoms with Gasteiger partial charge in [0.15, 0.2) is 0 Å². The fourth-order valence-corrected chi connectivity index (χ4v) is 2.15. The van der Waals surface area contributed by atoms with E-state index in [4.69, 9.17) is 4.42 Å². The third-order valence-electron chi connectivity index (χ3n) is 3.04. The monoisotopic (exact) mass is 208 g/mol. The van der Waals surface area contributed by atoms with Crippen LogP contribution in [0.5, 0.6) is 0 Å². The van der Waals surface area contributed by atoms with E-state index in [9.17, 15) is 0 Å². The molecule has 0 aromatic carbocycles. The zero-order valence-electron chi connectivity index (χ0n) is 9.33. The Labute approximate surface area is 91.2 Å². The highest BCUT2D eigenvalue weighted by Gasteiger charge is 2.16. The van der Waals surface area contributed by atoms with Crippen molar-refractivity contribution in [3.63, 3.8) is 0 Å². The molecule has 0 aliphatic carbocycles. The van der Waals surface area contributed by atoms with Gasteiger partial charge in [-0.3, -0.25) is 0 Å². The zero-order chi connectivity index (χ0) is 10.5. The fraction of sp³-hybridized carbons (Fsp3) is 0.667. The van der Waals surface area contributed by atoms with Crippen LogP contribution in [0.1, 0.15) is 31.7 Å². The molecule has 2 unspecified atom stereocenters. The Morgan fingerprint density at radius 2 is 2.60 bits per heavy atom. The van der Waals surface area contributed by atoms with Crippen molar-refractivity contribution in [1.82, 2.24) is 10.6 Å². The van der Waals surface area contributed by atoms with Crippen molar-refractivity contribution < 1.29 is 4.42 Å². The molecule has 2 atom stereocenters. The number of furan rings is 1. The first-order valence-corrected chi connectivity index (χ1v) is 5.82. The topological polar surface area (TPSA) is 37.2 Å². The van der Waals surface area contributed by atoms with E-state index in [-0.39, 0.29) is 0 Å². The van der Waals surface area contributed by atoms with Crippen LogP contribution in [0.3, 0.4) is 0 Å². The Morgan fingerprint density at radius 1 is 1.67 bits per heavy atom.